The molecule has 0 radical (unpaired) electrons. The van der Waals surface area contributed by atoms with Gasteiger partial charge in [0.15, 0.2) is 5.96 Å². The minimum atomic E-state index is -0.310. The molecule has 0 saturated heterocycles. The normalized spacial score (nSPS) is 10.6. The first-order valence-electron chi connectivity index (χ1n) is 7.67. The van der Waals surface area contributed by atoms with E-state index in [9.17, 15) is 4.39 Å². The van der Waals surface area contributed by atoms with Gasteiger partial charge in [-0.3, -0.25) is 4.99 Å². The summed E-state index contributed by atoms with van der Waals surface area (Å²) in [6.45, 7) is 1.54. The van der Waals surface area contributed by atoms with Crippen molar-refractivity contribution in [2.75, 3.05) is 27.3 Å². The topological polar surface area (TPSA) is 54.9 Å². The lowest BCUT2D eigenvalue weighted by atomic mass is 10.2. The maximum atomic E-state index is 13.0. The maximum absolute atomic E-state index is 13.0. The standard InChI is InChI=1S/C18H22FN3O2.HI/c1-20-18(22-13-14-6-3-4-9-17(14)23-2)21-10-11-24-16-8-5-7-15(19)12-16;/h3-9,12H,10-11,13H2,1-2H3,(H2,20,21,22);1H. The fourth-order valence-corrected chi connectivity index (χ4v) is 2.14. The molecule has 0 fully saturated rings. The summed E-state index contributed by atoms with van der Waals surface area (Å²) in [5.74, 6) is 1.68. The molecule has 0 aromatic heterocycles. The second kappa shape index (κ2) is 11.5. The predicted molar refractivity (Wildman–Crippen MR) is 109 cm³/mol. The van der Waals surface area contributed by atoms with Crippen LogP contribution in [0.25, 0.3) is 0 Å². The van der Waals surface area contributed by atoms with E-state index < -0.39 is 0 Å². The Morgan fingerprint density at radius 1 is 1.12 bits per heavy atom. The molecule has 0 unspecified atom stereocenters. The van der Waals surface area contributed by atoms with E-state index in [0.29, 0.717) is 31.4 Å². The van der Waals surface area contributed by atoms with Gasteiger partial charge in [0.25, 0.3) is 0 Å². The molecule has 0 atom stereocenters. The highest BCUT2D eigenvalue weighted by atomic mass is 127. The minimum absolute atomic E-state index is 0. The lowest BCUT2D eigenvalue weighted by Crippen LogP contribution is -2.38. The molecule has 136 valence electrons. The summed E-state index contributed by atoms with van der Waals surface area (Å²) in [6.07, 6.45) is 0. The highest BCUT2D eigenvalue weighted by Crippen LogP contribution is 2.16. The van der Waals surface area contributed by atoms with Crippen molar-refractivity contribution in [1.29, 1.82) is 0 Å². The molecule has 0 heterocycles. The molecule has 0 amide bonds. The second-order valence-corrected chi connectivity index (χ2v) is 4.97. The van der Waals surface area contributed by atoms with Gasteiger partial charge in [-0.05, 0) is 18.2 Å². The van der Waals surface area contributed by atoms with Gasteiger partial charge in [-0.25, -0.2) is 4.39 Å². The van der Waals surface area contributed by atoms with Crippen LogP contribution in [0.3, 0.4) is 0 Å². The van der Waals surface area contributed by atoms with Crippen molar-refractivity contribution in [1.82, 2.24) is 10.6 Å². The molecule has 0 aliphatic rings. The second-order valence-electron chi connectivity index (χ2n) is 4.97. The Hall–Kier alpha value is -2.03. The number of nitrogens with one attached hydrogen (secondary N) is 2. The zero-order valence-corrected chi connectivity index (χ0v) is 16.6. The first kappa shape index (κ1) is 21.0. The number of para-hydroxylation sites is 1. The fourth-order valence-electron chi connectivity index (χ4n) is 2.14. The van der Waals surface area contributed by atoms with Crippen molar-refractivity contribution in [3.05, 3.63) is 59.9 Å². The number of benzene rings is 2. The van der Waals surface area contributed by atoms with E-state index in [1.807, 2.05) is 24.3 Å². The Morgan fingerprint density at radius 3 is 2.64 bits per heavy atom. The highest BCUT2D eigenvalue weighted by molar-refractivity contribution is 14.0. The Morgan fingerprint density at radius 2 is 1.92 bits per heavy atom. The highest BCUT2D eigenvalue weighted by Gasteiger charge is 2.03. The van der Waals surface area contributed by atoms with Crippen LogP contribution in [-0.4, -0.2) is 33.3 Å². The largest absolute Gasteiger partial charge is 0.496 e. The van der Waals surface area contributed by atoms with E-state index in [-0.39, 0.29) is 29.8 Å². The summed E-state index contributed by atoms with van der Waals surface area (Å²) in [5, 5.41) is 6.35. The van der Waals surface area contributed by atoms with Gasteiger partial charge >= 0.3 is 0 Å². The fraction of sp³-hybridized carbons (Fsp3) is 0.278. The van der Waals surface area contributed by atoms with Crippen molar-refractivity contribution in [2.24, 2.45) is 4.99 Å². The third-order valence-electron chi connectivity index (χ3n) is 3.32. The minimum Gasteiger partial charge on any atom is -0.496 e. The molecule has 25 heavy (non-hydrogen) atoms. The number of ether oxygens (including phenoxy) is 2. The van der Waals surface area contributed by atoms with Crippen LogP contribution in [-0.2, 0) is 6.54 Å². The van der Waals surface area contributed by atoms with E-state index in [1.165, 1.54) is 12.1 Å². The van der Waals surface area contributed by atoms with E-state index in [4.69, 9.17) is 9.47 Å². The van der Waals surface area contributed by atoms with Gasteiger partial charge in [0, 0.05) is 25.2 Å². The predicted octanol–water partition coefficient (Wildman–Crippen LogP) is 3.20. The Balaban J connectivity index is 0.00000312. The lowest BCUT2D eigenvalue weighted by molar-refractivity contribution is 0.320. The summed E-state index contributed by atoms with van der Waals surface area (Å²) in [7, 11) is 3.35. The molecule has 0 bridgehead atoms. The van der Waals surface area contributed by atoms with E-state index in [0.717, 1.165) is 11.3 Å². The monoisotopic (exact) mass is 459 g/mol. The van der Waals surface area contributed by atoms with Crippen LogP contribution < -0.4 is 20.1 Å². The summed E-state index contributed by atoms with van der Waals surface area (Å²) in [4.78, 5) is 4.16. The molecule has 0 aliphatic heterocycles. The molecule has 7 heteroatoms. The third-order valence-corrected chi connectivity index (χ3v) is 3.32. The smallest absolute Gasteiger partial charge is 0.191 e. The van der Waals surface area contributed by atoms with Gasteiger partial charge in [0.2, 0.25) is 0 Å². The summed E-state index contributed by atoms with van der Waals surface area (Å²) in [6, 6.07) is 13.9. The Kier molecular flexibility index (Phi) is 9.68. The van der Waals surface area contributed by atoms with Crippen LogP contribution in [0.2, 0.25) is 0 Å². The SMILES string of the molecule is CN=C(NCCOc1cccc(F)c1)NCc1ccccc1OC.I. The number of aliphatic imine (C=N–C) groups is 1. The number of guanidine groups is 1. The third kappa shape index (κ3) is 7.16. The van der Waals surface area contributed by atoms with Gasteiger partial charge in [-0.2, -0.15) is 0 Å². The lowest BCUT2D eigenvalue weighted by Gasteiger charge is -2.14. The van der Waals surface area contributed by atoms with Gasteiger partial charge in [-0.1, -0.05) is 24.3 Å². The quantitative estimate of drug-likeness (QED) is 0.289. The first-order chi connectivity index (χ1) is 11.7. The molecule has 5 nitrogen and oxygen atoms in total. The van der Waals surface area contributed by atoms with Crippen molar-refractivity contribution in [2.45, 2.75) is 6.54 Å². The van der Waals surface area contributed by atoms with E-state index >= 15 is 0 Å². The van der Waals surface area contributed by atoms with Crippen LogP contribution in [0, 0.1) is 5.82 Å². The average Bonchev–Trinajstić information content (AvgIpc) is 2.61. The molecule has 0 saturated carbocycles. The number of halogens is 2. The zero-order valence-electron chi connectivity index (χ0n) is 14.3. The van der Waals surface area contributed by atoms with Crippen LogP contribution in [0.4, 0.5) is 4.39 Å². The van der Waals surface area contributed by atoms with Crippen molar-refractivity contribution < 1.29 is 13.9 Å². The van der Waals surface area contributed by atoms with Crippen molar-refractivity contribution in [3.63, 3.8) is 0 Å². The van der Waals surface area contributed by atoms with Gasteiger partial charge in [0.1, 0.15) is 23.9 Å². The molecule has 2 N–H and O–H groups in total. The molecule has 2 rings (SSSR count). The Bertz CT molecular complexity index is 683. The number of hydrogen-bond acceptors (Lipinski definition) is 3. The van der Waals surface area contributed by atoms with E-state index in [2.05, 4.69) is 15.6 Å². The van der Waals surface area contributed by atoms with Crippen LogP contribution in [0.5, 0.6) is 11.5 Å². The average molecular weight is 459 g/mol. The maximum Gasteiger partial charge on any atom is 0.191 e. The summed E-state index contributed by atoms with van der Waals surface area (Å²) < 4.78 is 23.8. The number of rotatable bonds is 7. The molecule has 0 spiro atoms. The molecule has 2 aromatic rings. The Labute approximate surface area is 164 Å². The molecule has 2 aromatic carbocycles. The van der Waals surface area contributed by atoms with Crippen LogP contribution in [0.1, 0.15) is 5.56 Å². The number of nitrogens with zero attached hydrogens (tertiary/aromatic N) is 1. The van der Waals surface area contributed by atoms with E-state index in [1.54, 1.807) is 26.3 Å². The molecular weight excluding hydrogens is 436 g/mol. The van der Waals surface area contributed by atoms with Gasteiger partial charge in [0.05, 0.1) is 13.7 Å². The number of hydrogen-bond donors (Lipinski definition) is 2. The van der Waals surface area contributed by atoms with Crippen molar-refractivity contribution in [3.8, 4) is 11.5 Å². The van der Waals surface area contributed by atoms with Gasteiger partial charge in [-0.15, -0.1) is 24.0 Å². The summed E-state index contributed by atoms with van der Waals surface area (Å²) in [5.41, 5.74) is 1.04. The van der Waals surface area contributed by atoms with Crippen LogP contribution >= 0.6 is 24.0 Å². The van der Waals surface area contributed by atoms with Gasteiger partial charge < -0.3 is 20.1 Å². The zero-order chi connectivity index (χ0) is 17.2. The van der Waals surface area contributed by atoms with Crippen LogP contribution in [0.15, 0.2) is 53.5 Å². The first-order valence-corrected chi connectivity index (χ1v) is 7.67. The summed E-state index contributed by atoms with van der Waals surface area (Å²) >= 11 is 0. The number of methoxy groups -OCH3 is 1. The molecular formula is C18H23FIN3O2. The van der Waals surface area contributed by atoms with Crippen molar-refractivity contribution >= 4 is 29.9 Å². The molecule has 0 aliphatic carbocycles.